The number of carbonyl (C=O) groups is 1. The second-order valence-electron chi connectivity index (χ2n) is 3.15. The first-order chi connectivity index (χ1) is 8.08. The van der Waals surface area contributed by atoms with Gasteiger partial charge in [-0.1, -0.05) is 6.07 Å². The summed E-state index contributed by atoms with van der Waals surface area (Å²) in [6.07, 6.45) is 0. The normalized spacial score (nSPS) is 10.3. The van der Waals surface area contributed by atoms with Crippen LogP contribution in [0.2, 0.25) is 0 Å². The minimum absolute atomic E-state index is 0.557. The molecule has 0 atom stereocenters. The number of anilines is 1. The monoisotopic (exact) mass is 365 g/mol. The lowest BCUT2D eigenvalue weighted by Crippen LogP contribution is -2.14. The maximum atomic E-state index is 13.3. The number of amides is 1. The lowest BCUT2D eigenvalue weighted by atomic mass is 10.2. The standard InChI is InChI=1S/C11H6F2INOS/c12-6-2-1-3-7(13)10(6)11(16)15-9-5-4-8(14)17-9/h1-5H,(H,15,16). The average Bonchev–Trinajstić information content (AvgIpc) is 2.63. The molecule has 2 nitrogen and oxygen atoms in total. The summed E-state index contributed by atoms with van der Waals surface area (Å²) in [6.45, 7) is 0. The van der Waals surface area contributed by atoms with Crippen LogP contribution in [0.5, 0.6) is 0 Å². The van der Waals surface area contributed by atoms with Crippen molar-refractivity contribution in [1.82, 2.24) is 0 Å². The van der Waals surface area contributed by atoms with E-state index >= 15 is 0 Å². The zero-order chi connectivity index (χ0) is 12.4. The number of hydrogen-bond acceptors (Lipinski definition) is 2. The predicted octanol–water partition coefficient (Wildman–Crippen LogP) is 3.88. The Labute approximate surface area is 114 Å². The van der Waals surface area contributed by atoms with E-state index in [2.05, 4.69) is 27.9 Å². The number of thiophene rings is 1. The summed E-state index contributed by atoms with van der Waals surface area (Å²) < 4.78 is 27.6. The molecular weight excluding hydrogens is 359 g/mol. The van der Waals surface area contributed by atoms with Crippen LogP contribution in [0.15, 0.2) is 30.3 Å². The predicted molar refractivity (Wildman–Crippen MR) is 71.3 cm³/mol. The molecule has 0 unspecified atom stereocenters. The highest BCUT2D eigenvalue weighted by Crippen LogP contribution is 2.24. The Bertz CT molecular complexity index is 550. The highest BCUT2D eigenvalue weighted by atomic mass is 127. The van der Waals surface area contributed by atoms with E-state index in [9.17, 15) is 13.6 Å². The van der Waals surface area contributed by atoms with Gasteiger partial charge in [-0.05, 0) is 46.9 Å². The van der Waals surface area contributed by atoms with Gasteiger partial charge in [-0.25, -0.2) is 8.78 Å². The van der Waals surface area contributed by atoms with Crippen molar-refractivity contribution in [2.45, 2.75) is 0 Å². The number of hydrogen-bond donors (Lipinski definition) is 1. The molecule has 2 aromatic rings. The van der Waals surface area contributed by atoms with Gasteiger partial charge in [-0.2, -0.15) is 0 Å². The van der Waals surface area contributed by atoms with Crippen LogP contribution >= 0.6 is 33.9 Å². The van der Waals surface area contributed by atoms with Crippen molar-refractivity contribution in [1.29, 1.82) is 0 Å². The summed E-state index contributed by atoms with van der Waals surface area (Å²) in [5, 5.41) is 3.01. The fourth-order valence-corrected chi connectivity index (χ4v) is 2.79. The van der Waals surface area contributed by atoms with Gasteiger partial charge in [0.25, 0.3) is 5.91 Å². The number of halogens is 3. The molecule has 0 saturated carbocycles. The molecule has 1 amide bonds. The molecule has 0 radical (unpaired) electrons. The minimum atomic E-state index is -0.867. The van der Waals surface area contributed by atoms with E-state index < -0.39 is 23.1 Å². The summed E-state index contributed by atoms with van der Waals surface area (Å²) >= 11 is 3.43. The average molecular weight is 365 g/mol. The summed E-state index contributed by atoms with van der Waals surface area (Å²) in [5.74, 6) is -2.51. The quantitative estimate of drug-likeness (QED) is 0.805. The van der Waals surface area contributed by atoms with Gasteiger partial charge in [0, 0.05) is 0 Å². The molecule has 0 aliphatic carbocycles. The first-order valence-corrected chi connectivity index (χ1v) is 6.48. The Hall–Kier alpha value is -1.02. The Kier molecular flexibility index (Phi) is 3.72. The topological polar surface area (TPSA) is 29.1 Å². The highest BCUT2D eigenvalue weighted by Gasteiger charge is 2.17. The van der Waals surface area contributed by atoms with Gasteiger partial charge in [0.15, 0.2) is 0 Å². The van der Waals surface area contributed by atoms with Gasteiger partial charge in [0.1, 0.15) is 17.2 Å². The molecule has 0 saturated heterocycles. The zero-order valence-corrected chi connectivity index (χ0v) is 11.3. The van der Waals surface area contributed by atoms with E-state index in [1.165, 1.54) is 17.4 Å². The van der Waals surface area contributed by atoms with E-state index in [4.69, 9.17) is 0 Å². The third-order valence-corrected chi connectivity index (χ3v) is 3.81. The fourth-order valence-electron chi connectivity index (χ4n) is 1.27. The van der Waals surface area contributed by atoms with E-state index in [-0.39, 0.29) is 0 Å². The molecule has 17 heavy (non-hydrogen) atoms. The Morgan fingerprint density at radius 2 is 1.82 bits per heavy atom. The first-order valence-electron chi connectivity index (χ1n) is 4.58. The number of carbonyl (C=O) groups excluding carboxylic acids is 1. The van der Waals surface area contributed by atoms with Crippen LogP contribution in [0.25, 0.3) is 0 Å². The summed E-state index contributed by atoms with van der Waals surface area (Å²) in [7, 11) is 0. The lowest BCUT2D eigenvalue weighted by molar-refractivity contribution is 0.101. The maximum Gasteiger partial charge on any atom is 0.262 e. The summed E-state index contributed by atoms with van der Waals surface area (Å²) in [4.78, 5) is 11.7. The second kappa shape index (κ2) is 5.09. The van der Waals surface area contributed by atoms with Gasteiger partial charge in [0.2, 0.25) is 0 Å². The van der Waals surface area contributed by atoms with E-state index in [0.717, 1.165) is 15.0 Å². The first kappa shape index (κ1) is 12.4. The van der Waals surface area contributed by atoms with Crippen molar-refractivity contribution in [2.24, 2.45) is 0 Å². The third-order valence-electron chi connectivity index (χ3n) is 2.00. The van der Waals surface area contributed by atoms with Crippen molar-refractivity contribution < 1.29 is 13.6 Å². The van der Waals surface area contributed by atoms with E-state index in [1.807, 2.05) is 0 Å². The van der Waals surface area contributed by atoms with Crippen LogP contribution in [0.3, 0.4) is 0 Å². The molecule has 88 valence electrons. The van der Waals surface area contributed by atoms with Crippen molar-refractivity contribution >= 4 is 44.8 Å². The van der Waals surface area contributed by atoms with E-state index in [0.29, 0.717) is 5.00 Å². The minimum Gasteiger partial charge on any atom is -0.313 e. The van der Waals surface area contributed by atoms with Crippen LogP contribution < -0.4 is 5.32 Å². The van der Waals surface area contributed by atoms with Crippen LogP contribution in [0, 0.1) is 14.5 Å². The van der Waals surface area contributed by atoms with Crippen molar-refractivity contribution in [3.63, 3.8) is 0 Å². The molecule has 0 aliphatic heterocycles. The molecule has 1 aromatic carbocycles. The SMILES string of the molecule is O=C(Nc1ccc(I)s1)c1c(F)cccc1F. The van der Waals surface area contributed by atoms with Crippen LogP contribution in [0.4, 0.5) is 13.8 Å². The molecule has 1 aromatic heterocycles. The Morgan fingerprint density at radius 3 is 2.35 bits per heavy atom. The van der Waals surface area contributed by atoms with Gasteiger partial charge in [0.05, 0.1) is 7.88 Å². The van der Waals surface area contributed by atoms with Crippen molar-refractivity contribution in [3.8, 4) is 0 Å². The zero-order valence-electron chi connectivity index (χ0n) is 8.34. The maximum absolute atomic E-state index is 13.3. The van der Waals surface area contributed by atoms with Crippen LogP contribution in [-0.4, -0.2) is 5.91 Å². The molecule has 2 rings (SSSR count). The van der Waals surface area contributed by atoms with Gasteiger partial charge >= 0.3 is 0 Å². The van der Waals surface area contributed by atoms with Crippen LogP contribution in [-0.2, 0) is 0 Å². The van der Waals surface area contributed by atoms with E-state index in [1.54, 1.807) is 12.1 Å². The van der Waals surface area contributed by atoms with Gasteiger partial charge < -0.3 is 5.32 Å². The smallest absolute Gasteiger partial charge is 0.262 e. The highest BCUT2D eigenvalue weighted by molar-refractivity contribution is 14.1. The Morgan fingerprint density at radius 1 is 1.18 bits per heavy atom. The molecule has 0 aliphatic rings. The summed E-state index contributed by atoms with van der Waals surface area (Å²) in [6, 6.07) is 6.81. The van der Waals surface area contributed by atoms with Gasteiger partial charge in [-0.15, -0.1) is 11.3 Å². The largest absolute Gasteiger partial charge is 0.313 e. The second-order valence-corrected chi connectivity index (χ2v) is 6.13. The molecule has 0 bridgehead atoms. The number of rotatable bonds is 2. The molecule has 6 heteroatoms. The number of nitrogens with one attached hydrogen (secondary N) is 1. The fraction of sp³-hybridized carbons (Fsp3) is 0. The van der Waals surface area contributed by atoms with Gasteiger partial charge in [-0.3, -0.25) is 4.79 Å². The molecule has 0 fully saturated rings. The summed E-state index contributed by atoms with van der Waals surface area (Å²) in [5.41, 5.74) is -0.559. The molecule has 1 heterocycles. The molecule has 1 N–H and O–H groups in total. The number of benzene rings is 1. The van der Waals surface area contributed by atoms with Crippen LogP contribution in [0.1, 0.15) is 10.4 Å². The molecule has 0 spiro atoms. The molecular formula is C11H6F2INOS. The Balaban J connectivity index is 2.26. The lowest BCUT2D eigenvalue weighted by Gasteiger charge is -2.04. The third kappa shape index (κ3) is 2.81. The van der Waals surface area contributed by atoms with Crippen molar-refractivity contribution in [2.75, 3.05) is 5.32 Å². The van der Waals surface area contributed by atoms with Crippen molar-refractivity contribution in [3.05, 3.63) is 50.4 Å².